The quantitative estimate of drug-likeness (QED) is 0.826. The van der Waals surface area contributed by atoms with E-state index < -0.39 is 15.3 Å². The molecule has 0 aliphatic carbocycles. The molecule has 0 saturated carbocycles. The highest BCUT2D eigenvalue weighted by Crippen LogP contribution is 2.38. The number of carbonyl (C=O) groups is 2. The molecule has 0 saturated heterocycles. The maximum absolute atomic E-state index is 12.3. The van der Waals surface area contributed by atoms with Crippen molar-refractivity contribution in [1.29, 1.82) is 0 Å². The molecule has 142 valence electrons. The number of fused-ring (bicyclic) bond motifs is 1. The van der Waals surface area contributed by atoms with Crippen molar-refractivity contribution in [3.8, 4) is 0 Å². The van der Waals surface area contributed by atoms with Gasteiger partial charge >= 0.3 is 0 Å². The van der Waals surface area contributed by atoms with Crippen LogP contribution in [0, 0.1) is 6.92 Å². The van der Waals surface area contributed by atoms with Crippen molar-refractivity contribution in [1.82, 2.24) is 0 Å². The van der Waals surface area contributed by atoms with Gasteiger partial charge in [0, 0.05) is 17.8 Å². The SMILES string of the molecule is Cc1ccc(S(=O)(=O)CCC(=O)Nc2ccc3c(c2)C(C)(C)C(=O)N3)cc1. The van der Waals surface area contributed by atoms with E-state index in [2.05, 4.69) is 10.6 Å². The Morgan fingerprint density at radius 3 is 2.44 bits per heavy atom. The predicted molar refractivity (Wildman–Crippen MR) is 105 cm³/mol. The number of rotatable bonds is 5. The van der Waals surface area contributed by atoms with E-state index in [0.717, 1.165) is 16.8 Å². The third-order valence-corrected chi connectivity index (χ3v) is 6.50. The molecule has 0 bridgehead atoms. The van der Waals surface area contributed by atoms with Crippen LogP contribution in [0.3, 0.4) is 0 Å². The summed E-state index contributed by atoms with van der Waals surface area (Å²) in [5, 5.41) is 5.52. The van der Waals surface area contributed by atoms with Gasteiger partial charge in [0.2, 0.25) is 11.8 Å². The fourth-order valence-electron chi connectivity index (χ4n) is 2.96. The van der Waals surface area contributed by atoms with Crippen LogP contribution in [0.1, 0.15) is 31.4 Å². The van der Waals surface area contributed by atoms with Gasteiger partial charge in [-0.1, -0.05) is 17.7 Å². The van der Waals surface area contributed by atoms with Crippen LogP contribution >= 0.6 is 0 Å². The largest absolute Gasteiger partial charge is 0.326 e. The van der Waals surface area contributed by atoms with Crippen LogP contribution in [-0.4, -0.2) is 26.0 Å². The molecular weight excluding hydrogens is 364 g/mol. The van der Waals surface area contributed by atoms with Gasteiger partial charge in [-0.25, -0.2) is 8.42 Å². The fourth-order valence-corrected chi connectivity index (χ4v) is 4.20. The van der Waals surface area contributed by atoms with Gasteiger partial charge < -0.3 is 10.6 Å². The van der Waals surface area contributed by atoms with Crippen molar-refractivity contribution in [2.75, 3.05) is 16.4 Å². The Labute approximate surface area is 158 Å². The van der Waals surface area contributed by atoms with Gasteiger partial charge in [0.1, 0.15) is 0 Å². The molecule has 1 heterocycles. The number of hydrogen-bond donors (Lipinski definition) is 2. The van der Waals surface area contributed by atoms with E-state index in [4.69, 9.17) is 0 Å². The van der Waals surface area contributed by atoms with Crippen LogP contribution in [0.2, 0.25) is 0 Å². The second-order valence-corrected chi connectivity index (χ2v) is 9.38. The van der Waals surface area contributed by atoms with E-state index in [1.165, 1.54) is 0 Å². The lowest BCUT2D eigenvalue weighted by Gasteiger charge is -2.16. The molecule has 0 atom stereocenters. The molecule has 0 unspecified atom stereocenters. The van der Waals surface area contributed by atoms with Crippen molar-refractivity contribution in [2.45, 2.75) is 37.5 Å². The molecular formula is C20H22N2O4S. The lowest BCUT2D eigenvalue weighted by Crippen LogP contribution is -2.27. The number of nitrogens with one attached hydrogen (secondary N) is 2. The molecule has 0 aromatic heterocycles. The zero-order valence-electron chi connectivity index (χ0n) is 15.5. The highest BCUT2D eigenvalue weighted by atomic mass is 32.2. The van der Waals surface area contributed by atoms with Crippen LogP contribution in [0.25, 0.3) is 0 Å². The topological polar surface area (TPSA) is 92.3 Å². The molecule has 1 aliphatic heterocycles. The predicted octanol–water partition coefficient (Wildman–Crippen LogP) is 3.03. The number of anilines is 2. The van der Waals surface area contributed by atoms with Crippen molar-refractivity contribution in [2.24, 2.45) is 0 Å². The number of amides is 2. The number of carbonyl (C=O) groups excluding carboxylic acids is 2. The average molecular weight is 386 g/mol. The van der Waals surface area contributed by atoms with Crippen molar-refractivity contribution in [3.63, 3.8) is 0 Å². The molecule has 6 nitrogen and oxygen atoms in total. The molecule has 7 heteroatoms. The first-order valence-corrected chi connectivity index (χ1v) is 10.3. The minimum atomic E-state index is -3.52. The van der Waals surface area contributed by atoms with E-state index >= 15 is 0 Å². The number of aryl methyl sites for hydroxylation is 1. The van der Waals surface area contributed by atoms with Crippen LogP contribution in [-0.2, 0) is 24.8 Å². The fraction of sp³-hybridized carbons (Fsp3) is 0.300. The van der Waals surface area contributed by atoms with Crippen molar-refractivity contribution >= 4 is 33.0 Å². The number of sulfone groups is 1. The Balaban J connectivity index is 1.66. The van der Waals surface area contributed by atoms with Crippen LogP contribution in [0.5, 0.6) is 0 Å². The minimum absolute atomic E-state index is 0.0924. The maximum Gasteiger partial charge on any atom is 0.234 e. The molecule has 2 N–H and O–H groups in total. The number of benzene rings is 2. The van der Waals surface area contributed by atoms with Crippen LogP contribution < -0.4 is 10.6 Å². The molecule has 2 aromatic rings. The second-order valence-electron chi connectivity index (χ2n) is 7.27. The van der Waals surface area contributed by atoms with E-state index in [-0.39, 0.29) is 28.9 Å². The molecule has 3 rings (SSSR count). The van der Waals surface area contributed by atoms with E-state index in [9.17, 15) is 18.0 Å². The van der Waals surface area contributed by atoms with Gasteiger partial charge in [0.25, 0.3) is 0 Å². The standard InChI is InChI=1S/C20H22N2O4S/c1-13-4-7-15(8-5-13)27(25,26)11-10-18(23)21-14-6-9-17-16(12-14)20(2,3)19(24)22-17/h4-9,12H,10-11H2,1-3H3,(H,21,23)(H,22,24). The average Bonchev–Trinajstić information content (AvgIpc) is 2.83. The van der Waals surface area contributed by atoms with Crippen LogP contribution in [0.4, 0.5) is 11.4 Å². The summed E-state index contributed by atoms with van der Waals surface area (Å²) in [5.41, 5.74) is 2.36. The molecule has 2 amide bonds. The number of hydrogen-bond acceptors (Lipinski definition) is 4. The van der Waals surface area contributed by atoms with Gasteiger partial charge in [-0.3, -0.25) is 9.59 Å². The minimum Gasteiger partial charge on any atom is -0.326 e. The lowest BCUT2D eigenvalue weighted by atomic mass is 9.86. The molecule has 2 aromatic carbocycles. The molecule has 0 radical (unpaired) electrons. The van der Waals surface area contributed by atoms with Gasteiger partial charge in [-0.15, -0.1) is 0 Å². The summed E-state index contributed by atoms with van der Waals surface area (Å²) in [5.74, 6) is -0.746. The summed E-state index contributed by atoms with van der Waals surface area (Å²) in [4.78, 5) is 24.4. The van der Waals surface area contributed by atoms with E-state index in [1.54, 1.807) is 42.5 Å². The summed E-state index contributed by atoms with van der Waals surface area (Å²) < 4.78 is 24.7. The summed E-state index contributed by atoms with van der Waals surface area (Å²) in [6, 6.07) is 11.7. The first kappa shape index (κ1) is 19.1. The lowest BCUT2D eigenvalue weighted by molar-refractivity contribution is -0.119. The summed E-state index contributed by atoms with van der Waals surface area (Å²) in [7, 11) is -3.52. The highest BCUT2D eigenvalue weighted by Gasteiger charge is 2.38. The molecule has 1 aliphatic rings. The third-order valence-electron chi connectivity index (χ3n) is 4.77. The van der Waals surface area contributed by atoms with E-state index in [0.29, 0.717) is 5.69 Å². The van der Waals surface area contributed by atoms with Crippen molar-refractivity contribution in [3.05, 3.63) is 53.6 Å². The first-order valence-electron chi connectivity index (χ1n) is 8.65. The Bertz CT molecular complexity index is 1010. The monoisotopic (exact) mass is 386 g/mol. The molecule has 0 spiro atoms. The molecule has 0 fully saturated rings. The zero-order valence-corrected chi connectivity index (χ0v) is 16.3. The summed E-state index contributed by atoms with van der Waals surface area (Å²) >= 11 is 0. The Morgan fingerprint density at radius 1 is 1.11 bits per heavy atom. The normalized spacial score (nSPS) is 15.1. The van der Waals surface area contributed by atoms with Gasteiger partial charge in [-0.2, -0.15) is 0 Å². The Kier molecular flexibility index (Phi) is 4.82. The Hall–Kier alpha value is -2.67. The first-order chi connectivity index (χ1) is 12.6. The maximum atomic E-state index is 12.3. The highest BCUT2D eigenvalue weighted by molar-refractivity contribution is 7.91. The van der Waals surface area contributed by atoms with Gasteiger partial charge in [-0.05, 0) is 56.7 Å². The molecule has 27 heavy (non-hydrogen) atoms. The Morgan fingerprint density at radius 2 is 1.78 bits per heavy atom. The van der Waals surface area contributed by atoms with Gasteiger partial charge in [0.05, 0.1) is 16.1 Å². The third kappa shape index (κ3) is 3.88. The second kappa shape index (κ2) is 6.81. The van der Waals surface area contributed by atoms with E-state index in [1.807, 2.05) is 20.8 Å². The summed E-state index contributed by atoms with van der Waals surface area (Å²) in [6.45, 7) is 5.51. The summed E-state index contributed by atoms with van der Waals surface area (Å²) in [6.07, 6.45) is -0.145. The zero-order chi connectivity index (χ0) is 19.8. The smallest absolute Gasteiger partial charge is 0.234 e. The van der Waals surface area contributed by atoms with Gasteiger partial charge in [0.15, 0.2) is 9.84 Å². The van der Waals surface area contributed by atoms with Crippen molar-refractivity contribution < 1.29 is 18.0 Å². The van der Waals surface area contributed by atoms with Crippen LogP contribution in [0.15, 0.2) is 47.4 Å².